The molecule has 4 heteroatoms. The van der Waals surface area contributed by atoms with Gasteiger partial charge in [-0.05, 0) is 31.9 Å². The van der Waals surface area contributed by atoms with Crippen molar-refractivity contribution in [3.05, 3.63) is 29.3 Å². The van der Waals surface area contributed by atoms with Gasteiger partial charge in [-0.1, -0.05) is 27.6 Å². The van der Waals surface area contributed by atoms with E-state index in [-0.39, 0.29) is 5.91 Å². The summed E-state index contributed by atoms with van der Waals surface area (Å²) in [6.07, 6.45) is 2.24. The number of halogens is 1. The maximum Gasteiger partial charge on any atom is 0.257 e. The van der Waals surface area contributed by atoms with E-state index < -0.39 is 0 Å². The van der Waals surface area contributed by atoms with Gasteiger partial charge >= 0.3 is 0 Å². The van der Waals surface area contributed by atoms with Crippen molar-refractivity contribution < 1.29 is 9.53 Å². The SMILES string of the molecule is COc1ccc(C)cc1C(=O)N(CCBr)C1CC1. The summed E-state index contributed by atoms with van der Waals surface area (Å²) in [6, 6.07) is 6.15. The van der Waals surface area contributed by atoms with Crippen LogP contribution in [0.5, 0.6) is 5.75 Å². The van der Waals surface area contributed by atoms with E-state index in [2.05, 4.69) is 15.9 Å². The first-order chi connectivity index (χ1) is 8.67. The molecule has 3 nitrogen and oxygen atoms in total. The van der Waals surface area contributed by atoms with Gasteiger partial charge < -0.3 is 9.64 Å². The Kier molecular flexibility index (Phi) is 4.27. The molecule has 1 saturated carbocycles. The molecule has 2 rings (SSSR count). The molecular weight excluding hydrogens is 294 g/mol. The highest BCUT2D eigenvalue weighted by Gasteiger charge is 2.33. The Morgan fingerprint density at radius 3 is 2.78 bits per heavy atom. The molecule has 0 radical (unpaired) electrons. The fourth-order valence-electron chi connectivity index (χ4n) is 2.07. The van der Waals surface area contributed by atoms with E-state index in [0.29, 0.717) is 17.4 Å². The van der Waals surface area contributed by atoms with Crippen LogP contribution in [-0.2, 0) is 0 Å². The molecule has 1 aromatic rings. The van der Waals surface area contributed by atoms with Gasteiger partial charge in [0.2, 0.25) is 0 Å². The van der Waals surface area contributed by atoms with Gasteiger partial charge in [-0.2, -0.15) is 0 Å². The van der Waals surface area contributed by atoms with Crippen LogP contribution in [-0.4, -0.2) is 35.8 Å². The Hall–Kier alpha value is -1.03. The summed E-state index contributed by atoms with van der Waals surface area (Å²) < 4.78 is 5.29. The zero-order valence-electron chi connectivity index (χ0n) is 10.8. The van der Waals surface area contributed by atoms with Crippen molar-refractivity contribution in [3.63, 3.8) is 0 Å². The molecule has 18 heavy (non-hydrogen) atoms. The fraction of sp³-hybridized carbons (Fsp3) is 0.500. The zero-order valence-corrected chi connectivity index (χ0v) is 12.4. The van der Waals surface area contributed by atoms with E-state index >= 15 is 0 Å². The number of alkyl halides is 1. The van der Waals surface area contributed by atoms with Gasteiger partial charge in [-0.25, -0.2) is 0 Å². The molecule has 0 atom stereocenters. The summed E-state index contributed by atoms with van der Waals surface area (Å²) in [5.74, 6) is 0.739. The minimum Gasteiger partial charge on any atom is -0.496 e. The second-order valence-corrected chi connectivity index (χ2v) is 5.42. The molecule has 1 aromatic carbocycles. The molecular formula is C14H18BrNO2. The van der Waals surface area contributed by atoms with Crippen LogP contribution in [0.2, 0.25) is 0 Å². The molecule has 0 aliphatic heterocycles. The van der Waals surface area contributed by atoms with Crippen LogP contribution in [0.25, 0.3) is 0 Å². The molecule has 0 unspecified atom stereocenters. The largest absolute Gasteiger partial charge is 0.496 e. The maximum atomic E-state index is 12.6. The Labute approximate surface area is 116 Å². The highest BCUT2D eigenvalue weighted by atomic mass is 79.9. The highest BCUT2D eigenvalue weighted by molar-refractivity contribution is 9.09. The standard InChI is InChI=1S/C14H18BrNO2/c1-10-3-6-13(18-2)12(9-10)14(17)16(8-7-15)11-4-5-11/h3,6,9,11H,4-5,7-8H2,1-2H3. The predicted molar refractivity (Wildman–Crippen MR) is 75.6 cm³/mol. The van der Waals surface area contributed by atoms with Gasteiger partial charge in [0.25, 0.3) is 5.91 Å². The number of carbonyl (C=O) groups is 1. The average Bonchev–Trinajstić information content (AvgIpc) is 3.19. The Morgan fingerprint density at radius 2 is 2.22 bits per heavy atom. The lowest BCUT2D eigenvalue weighted by molar-refractivity contribution is 0.0751. The predicted octanol–water partition coefficient (Wildman–Crippen LogP) is 3.00. The third-order valence-corrected chi connectivity index (χ3v) is 3.51. The first kappa shape index (κ1) is 13.4. The number of hydrogen-bond donors (Lipinski definition) is 0. The summed E-state index contributed by atoms with van der Waals surface area (Å²) in [5.41, 5.74) is 1.75. The summed E-state index contributed by atoms with van der Waals surface area (Å²) in [6.45, 7) is 2.74. The van der Waals surface area contributed by atoms with E-state index in [1.54, 1.807) is 7.11 Å². The van der Waals surface area contributed by atoms with Crippen LogP contribution in [0.3, 0.4) is 0 Å². The lowest BCUT2D eigenvalue weighted by Crippen LogP contribution is -2.35. The molecule has 1 fully saturated rings. The lowest BCUT2D eigenvalue weighted by Gasteiger charge is -2.22. The molecule has 1 aliphatic rings. The number of rotatable bonds is 5. The number of benzene rings is 1. The number of methoxy groups -OCH3 is 1. The Morgan fingerprint density at radius 1 is 1.50 bits per heavy atom. The van der Waals surface area contributed by atoms with Gasteiger partial charge in [0.1, 0.15) is 5.75 Å². The molecule has 1 amide bonds. The highest BCUT2D eigenvalue weighted by Crippen LogP contribution is 2.30. The third kappa shape index (κ3) is 2.86. The molecule has 0 aromatic heterocycles. The number of hydrogen-bond acceptors (Lipinski definition) is 2. The van der Waals surface area contributed by atoms with Crippen LogP contribution in [0.15, 0.2) is 18.2 Å². The van der Waals surface area contributed by atoms with Crippen molar-refractivity contribution in [2.24, 2.45) is 0 Å². The average molecular weight is 312 g/mol. The quantitative estimate of drug-likeness (QED) is 0.782. The minimum absolute atomic E-state index is 0.0810. The van der Waals surface area contributed by atoms with Crippen molar-refractivity contribution in [1.29, 1.82) is 0 Å². The van der Waals surface area contributed by atoms with Crippen molar-refractivity contribution >= 4 is 21.8 Å². The molecule has 0 heterocycles. The van der Waals surface area contributed by atoms with Crippen molar-refractivity contribution in [3.8, 4) is 5.75 Å². The smallest absolute Gasteiger partial charge is 0.257 e. The molecule has 0 saturated heterocycles. The second-order valence-electron chi connectivity index (χ2n) is 4.62. The number of carbonyl (C=O) groups excluding carboxylic acids is 1. The van der Waals surface area contributed by atoms with Crippen molar-refractivity contribution in [2.75, 3.05) is 19.0 Å². The van der Waals surface area contributed by atoms with E-state index in [1.807, 2.05) is 30.0 Å². The van der Waals surface area contributed by atoms with Crippen molar-refractivity contribution in [2.45, 2.75) is 25.8 Å². The van der Waals surface area contributed by atoms with Crippen LogP contribution in [0.4, 0.5) is 0 Å². The second kappa shape index (κ2) is 5.74. The van der Waals surface area contributed by atoms with E-state index in [1.165, 1.54) is 0 Å². The molecule has 98 valence electrons. The van der Waals surface area contributed by atoms with Gasteiger partial charge in [0, 0.05) is 17.9 Å². The summed E-state index contributed by atoms with van der Waals surface area (Å²) in [4.78, 5) is 14.5. The Balaban J connectivity index is 2.28. The minimum atomic E-state index is 0.0810. The summed E-state index contributed by atoms with van der Waals surface area (Å²) in [7, 11) is 1.60. The first-order valence-corrected chi connectivity index (χ1v) is 7.31. The maximum absolute atomic E-state index is 12.6. The molecule has 0 N–H and O–H groups in total. The lowest BCUT2D eigenvalue weighted by atomic mass is 10.1. The van der Waals surface area contributed by atoms with Crippen molar-refractivity contribution in [1.82, 2.24) is 4.90 Å². The normalized spacial score (nSPS) is 14.4. The zero-order chi connectivity index (χ0) is 13.1. The first-order valence-electron chi connectivity index (χ1n) is 6.19. The van der Waals surface area contributed by atoms with Gasteiger partial charge in [0.15, 0.2) is 0 Å². The van der Waals surface area contributed by atoms with Gasteiger partial charge in [-0.15, -0.1) is 0 Å². The number of aryl methyl sites for hydroxylation is 1. The molecule has 0 spiro atoms. The van der Waals surface area contributed by atoms with Gasteiger partial charge in [-0.3, -0.25) is 4.79 Å². The van der Waals surface area contributed by atoms with E-state index in [0.717, 1.165) is 30.3 Å². The van der Waals surface area contributed by atoms with E-state index in [9.17, 15) is 4.79 Å². The third-order valence-electron chi connectivity index (χ3n) is 3.16. The Bertz CT molecular complexity index is 443. The van der Waals surface area contributed by atoms with Crippen LogP contribution >= 0.6 is 15.9 Å². The fourth-order valence-corrected chi connectivity index (χ4v) is 2.45. The summed E-state index contributed by atoms with van der Waals surface area (Å²) in [5, 5.41) is 0.809. The number of nitrogens with zero attached hydrogens (tertiary/aromatic N) is 1. The van der Waals surface area contributed by atoms with Crippen LogP contribution in [0, 0.1) is 6.92 Å². The summed E-state index contributed by atoms with van der Waals surface area (Å²) >= 11 is 3.41. The molecule has 1 aliphatic carbocycles. The number of amides is 1. The topological polar surface area (TPSA) is 29.5 Å². The monoisotopic (exact) mass is 311 g/mol. The van der Waals surface area contributed by atoms with Crippen LogP contribution < -0.4 is 4.74 Å². The van der Waals surface area contributed by atoms with E-state index in [4.69, 9.17) is 4.74 Å². The van der Waals surface area contributed by atoms with Crippen LogP contribution in [0.1, 0.15) is 28.8 Å². The van der Waals surface area contributed by atoms with Gasteiger partial charge in [0.05, 0.1) is 12.7 Å². The molecule has 0 bridgehead atoms. The number of ether oxygens (including phenoxy) is 1.